The summed E-state index contributed by atoms with van der Waals surface area (Å²) in [5.74, 6) is 0.423. The van der Waals surface area contributed by atoms with Crippen LogP contribution in [0.15, 0.2) is 12.1 Å². The maximum Gasteiger partial charge on any atom is 0.124 e. The summed E-state index contributed by atoms with van der Waals surface area (Å²) >= 11 is 6.12. The van der Waals surface area contributed by atoms with Gasteiger partial charge in [-0.3, -0.25) is 0 Å². The van der Waals surface area contributed by atoms with E-state index in [-0.39, 0.29) is 5.92 Å². The van der Waals surface area contributed by atoms with Crippen molar-refractivity contribution in [3.8, 4) is 11.8 Å². The zero-order valence-corrected chi connectivity index (χ0v) is 9.22. The quantitative estimate of drug-likeness (QED) is 0.749. The van der Waals surface area contributed by atoms with E-state index in [1.165, 1.54) is 0 Å². The molecule has 0 spiro atoms. The van der Waals surface area contributed by atoms with Gasteiger partial charge in [-0.15, -0.1) is 0 Å². The Balaban J connectivity index is 3.37. The monoisotopic (exact) mass is 209 g/mol. The zero-order chi connectivity index (χ0) is 10.7. The molecule has 14 heavy (non-hydrogen) atoms. The van der Waals surface area contributed by atoms with Crippen molar-refractivity contribution in [3.05, 3.63) is 28.3 Å². The summed E-state index contributed by atoms with van der Waals surface area (Å²) < 4.78 is 5.17. The third-order valence-electron chi connectivity index (χ3n) is 2.18. The van der Waals surface area contributed by atoms with Gasteiger partial charge in [-0.25, -0.2) is 0 Å². The maximum absolute atomic E-state index is 8.86. The highest BCUT2D eigenvalue weighted by Gasteiger charge is 2.16. The van der Waals surface area contributed by atoms with Crippen LogP contribution in [0.2, 0.25) is 5.02 Å². The number of hydrogen-bond donors (Lipinski definition) is 0. The van der Waals surface area contributed by atoms with Gasteiger partial charge in [0.05, 0.1) is 24.1 Å². The summed E-state index contributed by atoms with van der Waals surface area (Å²) in [4.78, 5) is 0. The molecule has 1 aromatic carbocycles. The summed E-state index contributed by atoms with van der Waals surface area (Å²) in [7, 11) is 1.58. The van der Waals surface area contributed by atoms with E-state index in [2.05, 4.69) is 6.07 Å². The van der Waals surface area contributed by atoms with Gasteiger partial charge in [0.15, 0.2) is 0 Å². The van der Waals surface area contributed by atoms with Gasteiger partial charge in [-0.2, -0.15) is 5.26 Å². The molecule has 0 bridgehead atoms. The highest BCUT2D eigenvalue weighted by atomic mass is 35.5. The van der Waals surface area contributed by atoms with Crippen LogP contribution in [-0.2, 0) is 0 Å². The molecule has 0 aliphatic rings. The van der Waals surface area contributed by atoms with E-state index >= 15 is 0 Å². The predicted molar refractivity (Wildman–Crippen MR) is 56.8 cm³/mol. The first-order chi connectivity index (χ1) is 6.61. The van der Waals surface area contributed by atoms with E-state index in [0.717, 1.165) is 11.1 Å². The lowest BCUT2D eigenvalue weighted by Crippen LogP contribution is -1.98. The van der Waals surface area contributed by atoms with Crippen molar-refractivity contribution >= 4 is 11.6 Å². The molecule has 0 aliphatic carbocycles. The van der Waals surface area contributed by atoms with Crippen molar-refractivity contribution < 1.29 is 4.74 Å². The summed E-state index contributed by atoms with van der Waals surface area (Å²) in [5, 5.41) is 9.48. The molecule has 0 amide bonds. The van der Waals surface area contributed by atoms with E-state index in [4.69, 9.17) is 21.6 Å². The Morgan fingerprint density at radius 2 is 2.14 bits per heavy atom. The fourth-order valence-corrected chi connectivity index (χ4v) is 1.65. The van der Waals surface area contributed by atoms with Gasteiger partial charge in [0.1, 0.15) is 5.75 Å². The first-order valence-electron chi connectivity index (χ1n) is 4.34. The Kier molecular flexibility index (Phi) is 3.38. The Morgan fingerprint density at radius 3 is 2.64 bits per heavy atom. The molecule has 0 N–H and O–H groups in total. The van der Waals surface area contributed by atoms with E-state index in [0.29, 0.717) is 10.8 Å². The summed E-state index contributed by atoms with van der Waals surface area (Å²) in [6, 6.07) is 5.88. The van der Waals surface area contributed by atoms with Crippen LogP contribution in [0.1, 0.15) is 24.0 Å². The second kappa shape index (κ2) is 4.34. The molecule has 1 rings (SSSR count). The van der Waals surface area contributed by atoms with Crippen molar-refractivity contribution in [2.24, 2.45) is 0 Å². The lowest BCUT2D eigenvalue weighted by atomic mass is 9.99. The molecule has 0 aliphatic heterocycles. The van der Waals surface area contributed by atoms with E-state index in [1.54, 1.807) is 7.11 Å². The topological polar surface area (TPSA) is 33.0 Å². The standard InChI is InChI=1S/C11H12ClNO/c1-7-4-5-9(14-3)10(11(7)12)8(2)6-13/h4-5,8H,1-3H3. The highest BCUT2D eigenvalue weighted by molar-refractivity contribution is 6.32. The van der Waals surface area contributed by atoms with Crippen molar-refractivity contribution in [2.45, 2.75) is 19.8 Å². The molecular formula is C11H12ClNO. The van der Waals surface area contributed by atoms with Crippen LogP contribution in [0, 0.1) is 18.3 Å². The number of rotatable bonds is 2. The first-order valence-corrected chi connectivity index (χ1v) is 4.72. The lowest BCUT2D eigenvalue weighted by molar-refractivity contribution is 0.409. The van der Waals surface area contributed by atoms with Crippen LogP contribution < -0.4 is 4.74 Å². The molecule has 2 nitrogen and oxygen atoms in total. The normalized spacial score (nSPS) is 11.9. The molecule has 0 fully saturated rings. The minimum atomic E-state index is -0.252. The number of hydrogen-bond acceptors (Lipinski definition) is 2. The smallest absolute Gasteiger partial charge is 0.124 e. The summed E-state index contributed by atoms with van der Waals surface area (Å²) in [6.07, 6.45) is 0. The molecule has 1 atom stereocenters. The number of nitriles is 1. The van der Waals surface area contributed by atoms with Gasteiger partial charge in [-0.1, -0.05) is 17.7 Å². The maximum atomic E-state index is 8.86. The minimum absolute atomic E-state index is 0.252. The van der Waals surface area contributed by atoms with Gasteiger partial charge in [0.2, 0.25) is 0 Å². The van der Waals surface area contributed by atoms with Gasteiger partial charge < -0.3 is 4.74 Å². The Morgan fingerprint density at radius 1 is 1.50 bits per heavy atom. The largest absolute Gasteiger partial charge is 0.496 e. The fourth-order valence-electron chi connectivity index (χ4n) is 1.33. The van der Waals surface area contributed by atoms with E-state index < -0.39 is 0 Å². The van der Waals surface area contributed by atoms with Gasteiger partial charge >= 0.3 is 0 Å². The molecule has 3 heteroatoms. The average molecular weight is 210 g/mol. The summed E-state index contributed by atoms with van der Waals surface area (Å²) in [6.45, 7) is 3.72. The fraction of sp³-hybridized carbons (Fsp3) is 0.364. The SMILES string of the molecule is COc1ccc(C)c(Cl)c1C(C)C#N. The average Bonchev–Trinajstić information content (AvgIpc) is 2.20. The highest BCUT2D eigenvalue weighted by Crippen LogP contribution is 2.35. The Hall–Kier alpha value is -1.20. The van der Waals surface area contributed by atoms with Crippen LogP contribution in [-0.4, -0.2) is 7.11 Å². The molecule has 1 unspecified atom stereocenters. The molecule has 0 aromatic heterocycles. The third-order valence-corrected chi connectivity index (χ3v) is 2.68. The van der Waals surface area contributed by atoms with Gasteiger partial charge in [-0.05, 0) is 25.5 Å². The second-order valence-corrected chi connectivity index (χ2v) is 3.54. The van der Waals surface area contributed by atoms with Crippen LogP contribution in [0.3, 0.4) is 0 Å². The molecule has 1 aromatic rings. The molecule has 0 saturated heterocycles. The van der Waals surface area contributed by atoms with E-state index in [1.807, 2.05) is 26.0 Å². The first kappa shape index (κ1) is 10.9. The number of nitrogens with zero attached hydrogens (tertiary/aromatic N) is 1. The summed E-state index contributed by atoms with van der Waals surface area (Å²) in [5.41, 5.74) is 1.74. The number of methoxy groups -OCH3 is 1. The molecule has 74 valence electrons. The van der Waals surface area contributed by atoms with Crippen LogP contribution in [0.25, 0.3) is 0 Å². The van der Waals surface area contributed by atoms with Crippen LogP contribution in [0.5, 0.6) is 5.75 Å². The zero-order valence-electron chi connectivity index (χ0n) is 8.47. The Labute approximate surface area is 89.1 Å². The molecule has 0 radical (unpaired) electrons. The van der Waals surface area contributed by atoms with Gasteiger partial charge in [0, 0.05) is 5.56 Å². The number of aryl methyl sites for hydroxylation is 1. The van der Waals surface area contributed by atoms with E-state index in [9.17, 15) is 0 Å². The lowest BCUT2D eigenvalue weighted by Gasteiger charge is -2.13. The second-order valence-electron chi connectivity index (χ2n) is 3.16. The number of halogens is 1. The number of benzene rings is 1. The minimum Gasteiger partial charge on any atom is -0.496 e. The van der Waals surface area contributed by atoms with Crippen molar-refractivity contribution in [1.29, 1.82) is 5.26 Å². The van der Waals surface area contributed by atoms with Crippen molar-refractivity contribution in [1.82, 2.24) is 0 Å². The third kappa shape index (κ3) is 1.83. The molecule has 0 saturated carbocycles. The molecular weight excluding hydrogens is 198 g/mol. The Bertz CT molecular complexity index is 382. The molecule has 0 heterocycles. The number of ether oxygens (including phenoxy) is 1. The predicted octanol–water partition coefficient (Wildman–Crippen LogP) is 3.28. The van der Waals surface area contributed by atoms with Crippen molar-refractivity contribution in [2.75, 3.05) is 7.11 Å². The van der Waals surface area contributed by atoms with Crippen LogP contribution >= 0.6 is 11.6 Å². The van der Waals surface area contributed by atoms with Crippen molar-refractivity contribution in [3.63, 3.8) is 0 Å². The van der Waals surface area contributed by atoms with Crippen LogP contribution in [0.4, 0.5) is 0 Å². The van der Waals surface area contributed by atoms with Gasteiger partial charge in [0.25, 0.3) is 0 Å².